The molecule has 0 heterocycles. The van der Waals surface area contributed by atoms with Crippen LogP contribution in [0.2, 0.25) is 0 Å². The van der Waals surface area contributed by atoms with Gasteiger partial charge in [-0.3, -0.25) is 19.2 Å². The molecule has 0 unspecified atom stereocenters. The van der Waals surface area contributed by atoms with Gasteiger partial charge < -0.3 is 26.6 Å². The zero-order valence-electron chi connectivity index (χ0n) is 12.2. The van der Waals surface area contributed by atoms with E-state index in [1.807, 2.05) is 0 Å². The fourth-order valence-corrected chi connectivity index (χ4v) is 2.01. The lowest BCUT2D eigenvalue weighted by Gasteiger charge is -2.17. The summed E-state index contributed by atoms with van der Waals surface area (Å²) in [6, 6.07) is -1.94. The molecule has 2 amide bonds. The number of carboxylic acids is 2. The monoisotopic (exact) mass is 335 g/mol. The lowest BCUT2D eigenvalue weighted by molar-refractivity contribution is -0.139. The van der Waals surface area contributed by atoms with Crippen molar-refractivity contribution < 1.29 is 29.4 Å². The van der Waals surface area contributed by atoms with E-state index in [-0.39, 0.29) is 25.8 Å². The predicted molar refractivity (Wildman–Crippen MR) is 80.4 cm³/mol. The second kappa shape index (κ2) is 10.9. The minimum absolute atomic E-state index is 0.0290. The van der Waals surface area contributed by atoms with Gasteiger partial charge in [0.2, 0.25) is 11.8 Å². The molecule has 0 saturated carbocycles. The third-order valence-electron chi connectivity index (χ3n) is 2.62. The maximum atomic E-state index is 11.8. The zero-order valence-corrected chi connectivity index (χ0v) is 13.0. The maximum Gasteiger partial charge on any atom is 0.320 e. The van der Waals surface area contributed by atoms with Crippen molar-refractivity contribution in [1.29, 1.82) is 0 Å². The van der Waals surface area contributed by atoms with Crippen molar-refractivity contribution in [3.63, 3.8) is 0 Å². The highest BCUT2D eigenvalue weighted by Crippen LogP contribution is 2.01. The smallest absolute Gasteiger partial charge is 0.320 e. The number of nitrogens with two attached hydrogens (primary N) is 1. The summed E-state index contributed by atoms with van der Waals surface area (Å²) in [6.07, 6.45) is 1.40. The van der Waals surface area contributed by atoms with Crippen LogP contribution in [0.3, 0.4) is 0 Å². The van der Waals surface area contributed by atoms with Gasteiger partial charge in [-0.05, 0) is 12.7 Å². The zero-order chi connectivity index (χ0) is 17.1. The Bertz CT molecular complexity index is 418. The molecule has 126 valence electrons. The Kier molecular flexibility index (Phi) is 9.96. The first-order chi connectivity index (χ1) is 10.3. The van der Waals surface area contributed by atoms with Crippen LogP contribution in [0.25, 0.3) is 0 Å². The number of hydrogen-bond acceptors (Lipinski definition) is 6. The fraction of sp³-hybridized carbons (Fsp3) is 0.667. The molecule has 0 spiro atoms. The van der Waals surface area contributed by atoms with Crippen molar-refractivity contribution in [3.05, 3.63) is 0 Å². The molecule has 0 aliphatic rings. The van der Waals surface area contributed by atoms with Crippen molar-refractivity contribution in [2.75, 3.05) is 18.6 Å². The summed E-state index contributed by atoms with van der Waals surface area (Å²) in [5.74, 6) is -2.88. The molecule has 0 fully saturated rings. The number of carboxylic acid groups (broad SMARTS) is 2. The number of carbonyl (C=O) groups excluding carboxylic acids is 2. The summed E-state index contributed by atoms with van der Waals surface area (Å²) in [6.45, 7) is -0.0290. The molecule has 9 nitrogen and oxygen atoms in total. The largest absolute Gasteiger partial charge is 0.481 e. The van der Waals surface area contributed by atoms with Gasteiger partial charge in [-0.2, -0.15) is 11.8 Å². The summed E-state index contributed by atoms with van der Waals surface area (Å²) in [4.78, 5) is 44.5. The Morgan fingerprint density at radius 2 is 1.82 bits per heavy atom. The average molecular weight is 335 g/mol. The third kappa shape index (κ3) is 9.19. The van der Waals surface area contributed by atoms with Crippen LogP contribution < -0.4 is 16.4 Å². The second-order valence-electron chi connectivity index (χ2n) is 4.49. The lowest BCUT2D eigenvalue weighted by atomic mass is 10.1. The van der Waals surface area contributed by atoms with E-state index in [0.717, 1.165) is 0 Å². The van der Waals surface area contributed by atoms with Crippen LogP contribution in [0.4, 0.5) is 0 Å². The standard InChI is InChI=1S/C12H21N3O6S/c1-22-6-8(11(19)14-5-4-10(17)18)15-9(16)3-2-7(13)12(20)21/h7-8H,2-6,13H2,1H3,(H,14,19)(H,15,16)(H,17,18)(H,20,21)/t7-,8-/m0/s1. The van der Waals surface area contributed by atoms with Crippen LogP contribution in [-0.2, 0) is 19.2 Å². The molecular weight excluding hydrogens is 314 g/mol. The van der Waals surface area contributed by atoms with Crippen molar-refractivity contribution >= 4 is 35.5 Å². The van der Waals surface area contributed by atoms with Crippen LogP contribution in [0.15, 0.2) is 0 Å². The number of carbonyl (C=O) groups is 4. The van der Waals surface area contributed by atoms with Gasteiger partial charge >= 0.3 is 11.9 Å². The number of aliphatic carboxylic acids is 2. The summed E-state index contributed by atoms with van der Waals surface area (Å²) in [7, 11) is 0. The Morgan fingerprint density at radius 1 is 1.18 bits per heavy atom. The van der Waals surface area contributed by atoms with E-state index in [1.54, 1.807) is 6.26 Å². The molecule has 0 aromatic rings. The minimum Gasteiger partial charge on any atom is -0.481 e. The second-order valence-corrected chi connectivity index (χ2v) is 5.40. The van der Waals surface area contributed by atoms with Crippen molar-refractivity contribution in [2.45, 2.75) is 31.3 Å². The minimum atomic E-state index is -1.19. The summed E-state index contributed by atoms with van der Waals surface area (Å²) in [5, 5.41) is 22.0. The van der Waals surface area contributed by atoms with Crippen molar-refractivity contribution in [3.8, 4) is 0 Å². The van der Waals surface area contributed by atoms with Crippen LogP contribution in [0.1, 0.15) is 19.3 Å². The highest BCUT2D eigenvalue weighted by molar-refractivity contribution is 7.98. The molecule has 0 aliphatic carbocycles. The summed E-state index contributed by atoms with van der Waals surface area (Å²) in [5.41, 5.74) is 5.29. The summed E-state index contributed by atoms with van der Waals surface area (Å²) < 4.78 is 0. The third-order valence-corrected chi connectivity index (χ3v) is 3.29. The van der Waals surface area contributed by atoms with Crippen LogP contribution in [-0.4, -0.2) is 64.6 Å². The molecular formula is C12H21N3O6S. The number of hydrogen-bond donors (Lipinski definition) is 5. The van der Waals surface area contributed by atoms with Gasteiger partial charge in [0.05, 0.1) is 6.42 Å². The molecule has 6 N–H and O–H groups in total. The normalized spacial score (nSPS) is 13.0. The van der Waals surface area contributed by atoms with E-state index in [9.17, 15) is 19.2 Å². The van der Waals surface area contributed by atoms with E-state index in [4.69, 9.17) is 15.9 Å². The average Bonchev–Trinajstić information content (AvgIpc) is 2.43. The van der Waals surface area contributed by atoms with E-state index in [1.165, 1.54) is 11.8 Å². The highest BCUT2D eigenvalue weighted by atomic mass is 32.2. The first kappa shape index (κ1) is 20.2. The van der Waals surface area contributed by atoms with Crippen LogP contribution in [0.5, 0.6) is 0 Å². The van der Waals surface area contributed by atoms with Gasteiger partial charge in [0.1, 0.15) is 12.1 Å². The number of amides is 2. The van der Waals surface area contributed by atoms with Crippen molar-refractivity contribution in [1.82, 2.24) is 10.6 Å². The van der Waals surface area contributed by atoms with E-state index in [2.05, 4.69) is 10.6 Å². The van der Waals surface area contributed by atoms with Crippen LogP contribution >= 0.6 is 11.8 Å². The molecule has 0 rings (SSSR count). The quantitative estimate of drug-likeness (QED) is 0.309. The molecule has 2 atom stereocenters. The fourth-order valence-electron chi connectivity index (χ4n) is 1.44. The van der Waals surface area contributed by atoms with E-state index in [0.29, 0.717) is 5.75 Å². The SMILES string of the molecule is CSC[C@H](NC(=O)CC[C@H](N)C(=O)O)C(=O)NCCC(=O)O. The van der Waals surface area contributed by atoms with Gasteiger partial charge in [-0.1, -0.05) is 0 Å². The molecule has 10 heteroatoms. The van der Waals surface area contributed by atoms with E-state index >= 15 is 0 Å². The number of thioether (sulfide) groups is 1. The molecule has 0 aromatic carbocycles. The first-order valence-corrected chi connectivity index (χ1v) is 7.93. The lowest BCUT2D eigenvalue weighted by Crippen LogP contribution is -2.49. The summed E-state index contributed by atoms with van der Waals surface area (Å²) >= 11 is 1.34. The molecule has 0 aromatic heterocycles. The maximum absolute atomic E-state index is 11.8. The first-order valence-electron chi connectivity index (χ1n) is 6.54. The van der Waals surface area contributed by atoms with Crippen molar-refractivity contribution in [2.24, 2.45) is 5.73 Å². The molecule has 0 bridgehead atoms. The predicted octanol–water partition coefficient (Wildman–Crippen LogP) is -1.38. The topological polar surface area (TPSA) is 159 Å². The molecule has 0 saturated heterocycles. The Hall–Kier alpha value is -1.81. The molecule has 0 aliphatic heterocycles. The van der Waals surface area contributed by atoms with E-state index < -0.39 is 35.8 Å². The number of nitrogens with one attached hydrogen (secondary N) is 2. The highest BCUT2D eigenvalue weighted by Gasteiger charge is 2.21. The molecule has 22 heavy (non-hydrogen) atoms. The van der Waals surface area contributed by atoms with Gasteiger partial charge in [-0.25, -0.2) is 0 Å². The van der Waals surface area contributed by atoms with Gasteiger partial charge in [-0.15, -0.1) is 0 Å². The number of rotatable bonds is 11. The Labute approximate surface area is 132 Å². The Balaban J connectivity index is 4.31. The van der Waals surface area contributed by atoms with Gasteiger partial charge in [0, 0.05) is 18.7 Å². The Morgan fingerprint density at radius 3 is 2.32 bits per heavy atom. The van der Waals surface area contributed by atoms with Crippen LogP contribution in [0, 0.1) is 0 Å². The van der Waals surface area contributed by atoms with Gasteiger partial charge in [0.25, 0.3) is 0 Å². The van der Waals surface area contributed by atoms with Gasteiger partial charge in [0.15, 0.2) is 0 Å². The molecule has 0 radical (unpaired) electrons.